The number of hydrogen-bond donors (Lipinski definition) is 3. The normalized spacial score (nSPS) is 12.2. The first-order chi connectivity index (χ1) is 12.2. The lowest BCUT2D eigenvalue weighted by Gasteiger charge is -2.12. The van der Waals surface area contributed by atoms with Crippen molar-refractivity contribution in [3.8, 4) is 0 Å². The largest absolute Gasteiger partial charge is 0.394 e. The average Bonchev–Trinajstić information content (AvgIpc) is 2.62. The molecule has 4 nitrogen and oxygen atoms in total. The van der Waals surface area contributed by atoms with Gasteiger partial charge in [0.2, 0.25) is 5.91 Å². The van der Waals surface area contributed by atoms with Crippen LogP contribution in [0, 0.1) is 0 Å². The minimum Gasteiger partial charge on any atom is -0.394 e. The fourth-order valence-corrected chi connectivity index (χ4v) is 2.35. The lowest BCUT2D eigenvalue weighted by Crippen LogP contribution is -2.39. The molecular formula is C21H37NO3. The summed E-state index contributed by atoms with van der Waals surface area (Å²) in [6.45, 7) is 1.70. The number of carbonyl (C=O) groups excluding carboxylic acids is 1. The summed E-state index contributed by atoms with van der Waals surface area (Å²) in [5, 5.41) is 20.4. The number of carbonyl (C=O) groups is 1. The molecule has 0 radical (unpaired) electrons. The molecule has 0 aromatic carbocycles. The van der Waals surface area contributed by atoms with E-state index in [9.17, 15) is 4.79 Å². The Morgan fingerprint density at radius 2 is 1.40 bits per heavy atom. The Labute approximate surface area is 153 Å². The Hall–Kier alpha value is -1.39. The number of allylic oxidation sites excluding steroid dienone is 6. The highest BCUT2D eigenvalue weighted by Crippen LogP contribution is 2.08. The first-order valence-corrected chi connectivity index (χ1v) is 9.70. The second-order valence-electron chi connectivity index (χ2n) is 6.23. The zero-order valence-electron chi connectivity index (χ0n) is 15.8. The summed E-state index contributed by atoms with van der Waals surface area (Å²) in [5.74, 6) is -0.0886. The first-order valence-electron chi connectivity index (χ1n) is 9.70. The summed E-state index contributed by atoms with van der Waals surface area (Å²) in [6.07, 6.45) is 23.5. The van der Waals surface area contributed by atoms with Gasteiger partial charge in [0.25, 0.3) is 0 Å². The molecule has 144 valence electrons. The lowest BCUT2D eigenvalue weighted by atomic mass is 10.1. The number of aliphatic hydroxyl groups excluding tert-OH is 2. The van der Waals surface area contributed by atoms with Crippen LogP contribution in [0.5, 0.6) is 0 Å². The minimum atomic E-state index is -0.526. The molecule has 1 amide bonds. The quantitative estimate of drug-likeness (QED) is 0.290. The van der Waals surface area contributed by atoms with Gasteiger partial charge in [0.15, 0.2) is 0 Å². The summed E-state index contributed by atoms with van der Waals surface area (Å²) < 4.78 is 0. The summed E-state index contributed by atoms with van der Waals surface area (Å²) in [4.78, 5) is 11.6. The number of rotatable bonds is 16. The van der Waals surface area contributed by atoms with Gasteiger partial charge < -0.3 is 15.5 Å². The van der Waals surface area contributed by atoms with Crippen LogP contribution in [0.4, 0.5) is 0 Å². The van der Waals surface area contributed by atoms with Gasteiger partial charge in [-0.05, 0) is 38.5 Å². The maximum atomic E-state index is 11.6. The highest BCUT2D eigenvalue weighted by atomic mass is 16.3. The molecule has 0 rings (SSSR count). The van der Waals surface area contributed by atoms with Gasteiger partial charge in [0.05, 0.1) is 19.3 Å². The van der Waals surface area contributed by atoms with Crippen molar-refractivity contribution in [3.63, 3.8) is 0 Å². The Balaban J connectivity index is 3.39. The van der Waals surface area contributed by atoms with E-state index in [1.54, 1.807) is 0 Å². The molecule has 0 atom stereocenters. The van der Waals surface area contributed by atoms with Crippen LogP contribution in [0.2, 0.25) is 0 Å². The van der Waals surface area contributed by atoms with E-state index in [2.05, 4.69) is 48.7 Å². The van der Waals surface area contributed by atoms with E-state index in [0.717, 1.165) is 44.9 Å². The van der Waals surface area contributed by atoms with Crippen molar-refractivity contribution in [3.05, 3.63) is 36.5 Å². The van der Waals surface area contributed by atoms with E-state index < -0.39 is 6.04 Å². The monoisotopic (exact) mass is 351 g/mol. The second-order valence-corrected chi connectivity index (χ2v) is 6.23. The summed E-state index contributed by atoms with van der Waals surface area (Å²) in [5.41, 5.74) is 0. The molecule has 0 aliphatic carbocycles. The van der Waals surface area contributed by atoms with Crippen molar-refractivity contribution >= 4 is 5.91 Å². The zero-order chi connectivity index (χ0) is 18.6. The molecule has 0 bridgehead atoms. The minimum absolute atomic E-state index is 0.0886. The Kier molecular flexibility index (Phi) is 17.9. The predicted octanol–water partition coefficient (Wildman–Crippen LogP) is 4.05. The second kappa shape index (κ2) is 18.9. The molecule has 0 spiro atoms. The van der Waals surface area contributed by atoms with Crippen LogP contribution in [0.25, 0.3) is 0 Å². The van der Waals surface area contributed by atoms with E-state index >= 15 is 0 Å². The smallest absolute Gasteiger partial charge is 0.220 e. The van der Waals surface area contributed by atoms with Crippen LogP contribution in [-0.2, 0) is 4.79 Å². The van der Waals surface area contributed by atoms with Crippen molar-refractivity contribution in [2.75, 3.05) is 13.2 Å². The van der Waals surface area contributed by atoms with Gasteiger partial charge >= 0.3 is 0 Å². The molecule has 0 saturated heterocycles. The first kappa shape index (κ1) is 23.6. The molecule has 0 fully saturated rings. The van der Waals surface area contributed by atoms with Crippen LogP contribution < -0.4 is 5.32 Å². The molecule has 4 heteroatoms. The fraction of sp³-hybridized carbons (Fsp3) is 0.667. The van der Waals surface area contributed by atoms with Crippen molar-refractivity contribution in [2.45, 2.75) is 77.2 Å². The van der Waals surface area contributed by atoms with E-state index in [4.69, 9.17) is 10.2 Å². The van der Waals surface area contributed by atoms with Gasteiger partial charge in [0.1, 0.15) is 0 Å². The summed E-state index contributed by atoms with van der Waals surface area (Å²) >= 11 is 0. The fourth-order valence-electron chi connectivity index (χ4n) is 2.35. The van der Waals surface area contributed by atoms with Gasteiger partial charge in [0, 0.05) is 6.42 Å². The highest BCUT2D eigenvalue weighted by Gasteiger charge is 2.09. The van der Waals surface area contributed by atoms with Gasteiger partial charge in [-0.1, -0.05) is 62.6 Å². The SMILES string of the molecule is CC/C=C\C/C=C\C/C=C\CCCCCCCC(=O)NC(CO)CO. The van der Waals surface area contributed by atoms with Crippen molar-refractivity contribution in [2.24, 2.45) is 0 Å². The molecule has 0 aliphatic heterocycles. The van der Waals surface area contributed by atoms with Crippen LogP contribution in [0.1, 0.15) is 71.1 Å². The van der Waals surface area contributed by atoms with E-state index in [0.29, 0.717) is 6.42 Å². The van der Waals surface area contributed by atoms with Gasteiger partial charge in [-0.2, -0.15) is 0 Å². The molecule has 0 unspecified atom stereocenters. The third kappa shape index (κ3) is 17.2. The highest BCUT2D eigenvalue weighted by molar-refractivity contribution is 5.76. The Bertz CT molecular complexity index is 385. The zero-order valence-corrected chi connectivity index (χ0v) is 15.8. The summed E-state index contributed by atoms with van der Waals surface area (Å²) in [6, 6.07) is -0.526. The van der Waals surface area contributed by atoms with Crippen molar-refractivity contribution in [1.29, 1.82) is 0 Å². The van der Waals surface area contributed by atoms with Gasteiger partial charge in [-0.3, -0.25) is 4.79 Å². The van der Waals surface area contributed by atoms with Crippen LogP contribution in [-0.4, -0.2) is 35.4 Å². The van der Waals surface area contributed by atoms with Crippen LogP contribution in [0.3, 0.4) is 0 Å². The molecule has 3 N–H and O–H groups in total. The van der Waals surface area contributed by atoms with Crippen molar-refractivity contribution < 1.29 is 15.0 Å². The third-order valence-electron chi connectivity index (χ3n) is 3.86. The maximum absolute atomic E-state index is 11.6. The van der Waals surface area contributed by atoms with E-state index in [-0.39, 0.29) is 19.1 Å². The van der Waals surface area contributed by atoms with E-state index in [1.807, 2.05) is 0 Å². The molecule has 0 saturated carbocycles. The molecule has 0 aromatic rings. The predicted molar refractivity (Wildman–Crippen MR) is 105 cm³/mol. The molecule has 0 aromatic heterocycles. The van der Waals surface area contributed by atoms with Gasteiger partial charge in [-0.25, -0.2) is 0 Å². The van der Waals surface area contributed by atoms with Crippen LogP contribution in [0.15, 0.2) is 36.5 Å². The molecular weight excluding hydrogens is 314 g/mol. The standard InChI is InChI=1S/C21H37NO3/c1-2-3-4-5-6-7-8-9-10-11-12-13-14-15-16-17-21(25)22-20(18-23)19-24/h3-4,6-7,9-10,20,23-24H,2,5,8,11-19H2,1H3,(H,22,25)/b4-3-,7-6-,10-9-. The molecule has 25 heavy (non-hydrogen) atoms. The third-order valence-corrected chi connectivity index (χ3v) is 3.86. The van der Waals surface area contributed by atoms with Gasteiger partial charge in [-0.15, -0.1) is 0 Å². The summed E-state index contributed by atoms with van der Waals surface area (Å²) in [7, 11) is 0. The Morgan fingerprint density at radius 1 is 0.840 bits per heavy atom. The average molecular weight is 352 g/mol. The number of nitrogens with one attached hydrogen (secondary N) is 1. The number of hydrogen-bond acceptors (Lipinski definition) is 3. The topological polar surface area (TPSA) is 69.6 Å². The molecule has 0 heterocycles. The Morgan fingerprint density at radius 3 is 2.04 bits per heavy atom. The molecule has 0 aliphatic rings. The number of aliphatic hydroxyl groups is 2. The number of amides is 1. The maximum Gasteiger partial charge on any atom is 0.220 e. The van der Waals surface area contributed by atoms with Crippen LogP contribution >= 0.6 is 0 Å². The van der Waals surface area contributed by atoms with E-state index in [1.165, 1.54) is 12.8 Å². The van der Waals surface area contributed by atoms with Crippen molar-refractivity contribution in [1.82, 2.24) is 5.32 Å². The lowest BCUT2D eigenvalue weighted by molar-refractivity contribution is -0.122. The number of unbranched alkanes of at least 4 members (excludes halogenated alkanes) is 5.